The molecule has 2 amide bonds. The Hall–Kier alpha value is -3.06. The number of methoxy groups -OCH3 is 1. The summed E-state index contributed by atoms with van der Waals surface area (Å²) in [5, 5.41) is 0. The average molecular weight is 370 g/mol. The van der Waals surface area contributed by atoms with Crippen molar-refractivity contribution in [2.45, 2.75) is 18.9 Å². The van der Waals surface area contributed by atoms with Crippen molar-refractivity contribution in [3.8, 4) is 11.5 Å². The molecule has 3 rings (SSSR count). The molecule has 0 saturated carbocycles. The van der Waals surface area contributed by atoms with E-state index in [0.29, 0.717) is 29.2 Å². The number of amides is 2. The zero-order chi connectivity index (χ0) is 19.1. The third kappa shape index (κ3) is 5.21. The Morgan fingerprint density at radius 3 is 2.00 bits per heavy atom. The van der Waals surface area contributed by atoms with Crippen molar-refractivity contribution in [1.82, 2.24) is 10.9 Å². The van der Waals surface area contributed by atoms with Gasteiger partial charge in [0.05, 0.1) is 13.2 Å². The maximum absolute atomic E-state index is 12.2. The predicted octanol–water partition coefficient (Wildman–Crippen LogP) is 2.33. The van der Waals surface area contributed by atoms with Crippen LogP contribution in [0.4, 0.5) is 0 Å². The Balaban J connectivity index is 1.47. The number of hydrogen-bond donors (Lipinski definition) is 2. The van der Waals surface area contributed by atoms with Gasteiger partial charge in [0.2, 0.25) is 0 Å². The minimum atomic E-state index is -0.414. The molecule has 0 unspecified atom stereocenters. The highest BCUT2D eigenvalue weighted by Crippen LogP contribution is 2.16. The van der Waals surface area contributed by atoms with Gasteiger partial charge >= 0.3 is 0 Å². The summed E-state index contributed by atoms with van der Waals surface area (Å²) >= 11 is 0. The topological polar surface area (TPSA) is 85.9 Å². The highest BCUT2D eigenvalue weighted by Gasteiger charge is 2.16. The molecule has 27 heavy (non-hydrogen) atoms. The van der Waals surface area contributed by atoms with E-state index in [9.17, 15) is 9.59 Å². The van der Waals surface area contributed by atoms with Crippen molar-refractivity contribution in [3.05, 3.63) is 59.7 Å². The van der Waals surface area contributed by atoms with Gasteiger partial charge in [0.15, 0.2) is 0 Å². The molecule has 2 aromatic carbocycles. The van der Waals surface area contributed by atoms with Crippen LogP contribution >= 0.6 is 0 Å². The minimum absolute atomic E-state index is 0.140. The second kappa shape index (κ2) is 9.05. The van der Waals surface area contributed by atoms with Crippen molar-refractivity contribution < 1.29 is 23.8 Å². The summed E-state index contributed by atoms with van der Waals surface area (Å²) < 4.78 is 16.2. The van der Waals surface area contributed by atoms with E-state index in [2.05, 4.69) is 10.9 Å². The molecule has 1 aliphatic rings. The Labute approximate surface area is 157 Å². The van der Waals surface area contributed by atoms with Crippen LogP contribution in [-0.2, 0) is 4.74 Å². The first-order chi connectivity index (χ1) is 13.2. The number of carbonyl (C=O) groups is 2. The molecule has 1 aliphatic heterocycles. The van der Waals surface area contributed by atoms with E-state index in [1.807, 2.05) is 0 Å². The predicted molar refractivity (Wildman–Crippen MR) is 98.8 cm³/mol. The first-order valence-electron chi connectivity index (χ1n) is 8.75. The fraction of sp³-hybridized carbons (Fsp3) is 0.300. The number of rotatable bonds is 6. The molecule has 0 aromatic heterocycles. The molecule has 1 saturated heterocycles. The summed E-state index contributed by atoms with van der Waals surface area (Å²) in [6.45, 7) is 1.29. The van der Waals surface area contributed by atoms with Crippen molar-refractivity contribution >= 4 is 11.8 Å². The summed E-state index contributed by atoms with van der Waals surface area (Å²) in [7, 11) is 1.55. The summed E-state index contributed by atoms with van der Waals surface area (Å²) in [6, 6.07) is 13.3. The highest BCUT2D eigenvalue weighted by molar-refractivity contribution is 5.99. The molecule has 1 atom stereocenters. The van der Waals surface area contributed by atoms with E-state index in [-0.39, 0.29) is 6.10 Å². The summed E-state index contributed by atoms with van der Waals surface area (Å²) in [4.78, 5) is 24.2. The van der Waals surface area contributed by atoms with Gasteiger partial charge in [-0.15, -0.1) is 0 Å². The van der Waals surface area contributed by atoms with E-state index >= 15 is 0 Å². The number of hydrogen-bond acceptors (Lipinski definition) is 5. The smallest absolute Gasteiger partial charge is 0.269 e. The summed E-state index contributed by atoms with van der Waals surface area (Å²) in [5.41, 5.74) is 5.60. The number of carbonyl (C=O) groups excluding carboxylic acids is 2. The maximum atomic E-state index is 12.2. The SMILES string of the molecule is COc1ccc(C(=O)NNC(=O)c2ccc(OC[C@@H]3CCCO3)cc2)cc1. The van der Waals surface area contributed by atoms with Gasteiger partial charge in [-0.25, -0.2) is 0 Å². The lowest BCUT2D eigenvalue weighted by Gasteiger charge is -2.12. The monoisotopic (exact) mass is 370 g/mol. The van der Waals surface area contributed by atoms with Gasteiger partial charge in [-0.1, -0.05) is 0 Å². The molecule has 2 aromatic rings. The van der Waals surface area contributed by atoms with Crippen molar-refractivity contribution in [2.75, 3.05) is 20.3 Å². The number of nitrogens with one attached hydrogen (secondary N) is 2. The van der Waals surface area contributed by atoms with Gasteiger partial charge in [0.25, 0.3) is 11.8 Å². The average Bonchev–Trinajstić information content (AvgIpc) is 3.24. The second-order valence-corrected chi connectivity index (χ2v) is 6.11. The minimum Gasteiger partial charge on any atom is -0.497 e. The van der Waals surface area contributed by atoms with Crippen LogP contribution in [0.1, 0.15) is 33.6 Å². The van der Waals surface area contributed by atoms with Gasteiger partial charge in [-0.3, -0.25) is 20.4 Å². The quantitative estimate of drug-likeness (QED) is 0.763. The maximum Gasteiger partial charge on any atom is 0.269 e. The highest BCUT2D eigenvalue weighted by atomic mass is 16.5. The largest absolute Gasteiger partial charge is 0.497 e. The first-order valence-corrected chi connectivity index (χ1v) is 8.75. The standard InChI is InChI=1S/C20H22N2O5/c1-25-16-8-4-14(5-9-16)19(23)21-22-20(24)15-6-10-17(11-7-15)27-13-18-3-2-12-26-18/h4-11,18H,2-3,12-13H2,1H3,(H,21,23)(H,22,24)/t18-/m0/s1. The van der Waals surface area contributed by atoms with Crippen molar-refractivity contribution in [1.29, 1.82) is 0 Å². The van der Waals surface area contributed by atoms with E-state index in [0.717, 1.165) is 19.4 Å². The Kier molecular flexibility index (Phi) is 6.27. The molecule has 0 bridgehead atoms. The molecule has 142 valence electrons. The van der Waals surface area contributed by atoms with Crippen LogP contribution in [0.3, 0.4) is 0 Å². The van der Waals surface area contributed by atoms with E-state index in [1.54, 1.807) is 55.6 Å². The van der Waals surface area contributed by atoms with Gasteiger partial charge in [0, 0.05) is 17.7 Å². The van der Waals surface area contributed by atoms with Crippen LogP contribution in [0.5, 0.6) is 11.5 Å². The van der Waals surface area contributed by atoms with Gasteiger partial charge in [-0.2, -0.15) is 0 Å². The van der Waals surface area contributed by atoms with Crippen LogP contribution in [0.25, 0.3) is 0 Å². The van der Waals surface area contributed by atoms with E-state index in [1.165, 1.54) is 0 Å². The zero-order valence-corrected chi connectivity index (χ0v) is 15.1. The van der Waals surface area contributed by atoms with Crippen LogP contribution in [-0.4, -0.2) is 38.2 Å². The number of ether oxygens (including phenoxy) is 3. The van der Waals surface area contributed by atoms with Crippen molar-refractivity contribution in [2.24, 2.45) is 0 Å². The fourth-order valence-electron chi connectivity index (χ4n) is 2.67. The van der Waals surface area contributed by atoms with Crippen LogP contribution in [0.15, 0.2) is 48.5 Å². The number of hydrazine groups is 1. The van der Waals surface area contributed by atoms with Crippen LogP contribution in [0, 0.1) is 0 Å². The molecule has 0 spiro atoms. The summed E-state index contributed by atoms with van der Waals surface area (Å²) in [6.07, 6.45) is 2.21. The molecule has 7 heteroatoms. The Morgan fingerprint density at radius 2 is 1.52 bits per heavy atom. The van der Waals surface area contributed by atoms with E-state index in [4.69, 9.17) is 14.2 Å². The van der Waals surface area contributed by atoms with Gasteiger partial charge in [0.1, 0.15) is 18.1 Å². The summed E-state index contributed by atoms with van der Waals surface area (Å²) in [5.74, 6) is 0.492. The van der Waals surface area contributed by atoms with E-state index < -0.39 is 11.8 Å². The lowest BCUT2D eigenvalue weighted by molar-refractivity contribution is 0.0679. The molecule has 1 fully saturated rings. The zero-order valence-electron chi connectivity index (χ0n) is 15.1. The van der Waals surface area contributed by atoms with Gasteiger partial charge < -0.3 is 14.2 Å². The fourth-order valence-corrected chi connectivity index (χ4v) is 2.67. The molecule has 2 N–H and O–H groups in total. The number of benzene rings is 2. The second-order valence-electron chi connectivity index (χ2n) is 6.11. The van der Waals surface area contributed by atoms with Gasteiger partial charge in [-0.05, 0) is 61.4 Å². The molecule has 0 aliphatic carbocycles. The first kappa shape index (κ1) is 18.7. The Bertz CT molecular complexity index is 768. The molecule has 1 heterocycles. The molecular weight excluding hydrogens is 348 g/mol. The lowest BCUT2D eigenvalue weighted by Crippen LogP contribution is -2.41. The molecular formula is C20H22N2O5. The lowest BCUT2D eigenvalue weighted by atomic mass is 10.2. The molecule has 0 radical (unpaired) electrons. The molecule has 7 nitrogen and oxygen atoms in total. The normalized spacial score (nSPS) is 15.8. The Morgan fingerprint density at radius 1 is 0.963 bits per heavy atom. The van der Waals surface area contributed by atoms with Crippen molar-refractivity contribution in [3.63, 3.8) is 0 Å². The third-order valence-corrected chi connectivity index (χ3v) is 4.22. The van der Waals surface area contributed by atoms with Crippen LogP contribution in [0.2, 0.25) is 0 Å². The van der Waals surface area contributed by atoms with Crippen LogP contribution < -0.4 is 20.3 Å². The third-order valence-electron chi connectivity index (χ3n) is 4.22.